The van der Waals surface area contributed by atoms with Gasteiger partial charge >= 0.3 is 5.97 Å². The number of rotatable bonds is 9. The van der Waals surface area contributed by atoms with E-state index in [-0.39, 0.29) is 12.4 Å². The van der Waals surface area contributed by atoms with Crippen LogP contribution in [0.3, 0.4) is 0 Å². The van der Waals surface area contributed by atoms with Crippen molar-refractivity contribution in [2.75, 3.05) is 20.3 Å². The fraction of sp³-hybridized carbons (Fsp3) is 0.273. The average Bonchev–Trinajstić information content (AvgIpc) is 3.34. The minimum atomic E-state index is -0.262. The van der Waals surface area contributed by atoms with Gasteiger partial charge in [0.15, 0.2) is 5.58 Å². The fourth-order valence-electron chi connectivity index (χ4n) is 3.20. The van der Waals surface area contributed by atoms with E-state index in [4.69, 9.17) is 13.9 Å². The van der Waals surface area contributed by atoms with Crippen molar-refractivity contribution in [3.63, 3.8) is 0 Å². The molecule has 150 valence electrons. The molecule has 2 aromatic carbocycles. The van der Waals surface area contributed by atoms with Crippen LogP contribution in [0.1, 0.15) is 17.9 Å². The van der Waals surface area contributed by atoms with Crippen LogP contribution >= 0.6 is 0 Å². The summed E-state index contributed by atoms with van der Waals surface area (Å²) in [7, 11) is 1.39. The second-order valence-corrected chi connectivity index (χ2v) is 6.73. The molecular weight excluding hydrogens is 370 g/mol. The van der Waals surface area contributed by atoms with Gasteiger partial charge in [-0.25, -0.2) is 4.98 Å². The number of methoxy groups -OCH3 is 1. The Balaban J connectivity index is 1.24. The van der Waals surface area contributed by atoms with E-state index in [1.807, 2.05) is 48.7 Å². The van der Waals surface area contributed by atoms with Gasteiger partial charge < -0.3 is 24.2 Å². The van der Waals surface area contributed by atoms with Gasteiger partial charge in [-0.3, -0.25) is 4.79 Å². The Bertz CT molecular complexity index is 1080. The number of H-pyrrole nitrogens is 1. The molecule has 0 aliphatic rings. The van der Waals surface area contributed by atoms with Gasteiger partial charge in [-0.1, -0.05) is 12.1 Å². The van der Waals surface area contributed by atoms with E-state index in [0.717, 1.165) is 46.3 Å². The maximum absolute atomic E-state index is 11.5. The smallest absolute Gasteiger partial charge is 0.310 e. The fourth-order valence-corrected chi connectivity index (χ4v) is 3.20. The Morgan fingerprint density at radius 2 is 2.14 bits per heavy atom. The van der Waals surface area contributed by atoms with E-state index in [0.29, 0.717) is 19.0 Å². The zero-order chi connectivity index (χ0) is 20.1. The van der Waals surface area contributed by atoms with E-state index < -0.39 is 0 Å². The molecular formula is C22H23N3O4. The SMILES string of the molecule is COC(=O)Cc1c[nH]c2ccc(OCCCNCc3nc4ccccc4o3)cc12. The van der Waals surface area contributed by atoms with Crippen molar-refractivity contribution in [2.24, 2.45) is 0 Å². The van der Waals surface area contributed by atoms with Gasteiger partial charge in [0, 0.05) is 17.1 Å². The third-order valence-corrected chi connectivity index (χ3v) is 4.68. The van der Waals surface area contributed by atoms with Gasteiger partial charge in [0.1, 0.15) is 11.3 Å². The molecule has 0 aliphatic carbocycles. The quantitative estimate of drug-likeness (QED) is 0.334. The number of nitrogens with one attached hydrogen (secondary N) is 2. The molecule has 0 saturated carbocycles. The van der Waals surface area contributed by atoms with E-state index >= 15 is 0 Å². The molecule has 0 spiro atoms. The molecule has 0 bridgehead atoms. The highest BCUT2D eigenvalue weighted by atomic mass is 16.5. The molecule has 0 amide bonds. The first kappa shape index (κ1) is 19.0. The maximum Gasteiger partial charge on any atom is 0.310 e. The Morgan fingerprint density at radius 1 is 1.24 bits per heavy atom. The molecule has 0 radical (unpaired) electrons. The zero-order valence-electron chi connectivity index (χ0n) is 16.2. The summed E-state index contributed by atoms with van der Waals surface area (Å²) in [6.45, 7) is 1.96. The van der Waals surface area contributed by atoms with Crippen LogP contribution in [0.2, 0.25) is 0 Å². The minimum absolute atomic E-state index is 0.236. The van der Waals surface area contributed by atoms with Crippen LogP contribution in [0, 0.1) is 0 Å². The number of fused-ring (bicyclic) bond motifs is 2. The van der Waals surface area contributed by atoms with Gasteiger partial charge in [-0.05, 0) is 48.9 Å². The summed E-state index contributed by atoms with van der Waals surface area (Å²) < 4.78 is 16.3. The Kier molecular flexibility index (Phi) is 5.76. The van der Waals surface area contributed by atoms with E-state index in [1.54, 1.807) is 0 Å². The third kappa shape index (κ3) is 4.57. The average molecular weight is 393 g/mol. The molecule has 4 aromatic rings. The topological polar surface area (TPSA) is 89.4 Å². The number of hydrogen-bond donors (Lipinski definition) is 2. The molecule has 0 fully saturated rings. The molecule has 4 rings (SSSR count). The van der Waals surface area contributed by atoms with Gasteiger partial charge in [0.05, 0.1) is 26.7 Å². The number of oxazole rings is 1. The number of carbonyl (C=O) groups is 1. The molecule has 0 saturated heterocycles. The van der Waals surface area contributed by atoms with E-state index in [2.05, 4.69) is 15.3 Å². The van der Waals surface area contributed by atoms with Gasteiger partial charge in [-0.15, -0.1) is 0 Å². The molecule has 2 heterocycles. The molecule has 7 nitrogen and oxygen atoms in total. The largest absolute Gasteiger partial charge is 0.494 e. The maximum atomic E-state index is 11.5. The number of aromatic amines is 1. The van der Waals surface area contributed by atoms with Crippen LogP contribution in [0.25, 0.3) is 22.0 Å². The second-order valence-electron chi connectivity index (χ2n) is 6.73. The first-order chi connectivity index (χ1) is 14.2. The molecule has 7 heteroatoms. The lowest BCUT2D eigenvalue weighted by atomic mass is 10.1. The van der Waals surface area contributed by atoms with Crippen molar-refractivity contribution in [3.8, 4) is 5.75 Å². The number of benzene rings is 2. The van der Waals surface area contributed by atoms with Crippen LogP contribution in [0.15, 0.2) is 53.1 Å². The first-order valence-electron chi connectivity index (χ1n) is 9.58. The lowest BCUT2D eigenvalue weighted by molar-refractivity contribution is -0.139. The highest BCUT2D eigenvalue weighted by Gasteiger charge is 2.10. The molecule has 2 N–H and O–H groups in total. The van der Waals surface area contributed by atoms with Gasteiger partial charge in [0.2, 0.25) is 5.89 Å². The van der Waals surface area contributed by atoms with Crippen molar-refractivity contribution in [1.29, 1.82) is 0 Å². The minimum Gasteiger partial charge on any atom is -0.494 e. The number of nitrogens with zero attached hydrogens (tertiary/aromatic N) is 1. The van der Waals surface area contributed by atoms with Crippen molar-refractivity contribution < 1.29 is 18.7 Å². The standard InChI is InChI=1S/C22H23N3O4/c1-27-22(26)11-15-13-24-18-8-7-16(12-17(15)18)28-10-4-9-23-14-21-25-19-5-2-3-6-20(19)29-21/h2-3,5-8,12-13,23-24H,4,9-11,14H2,1H3. The summed E-state index contributed by atoms with van der Waals surface area (Å²) in [5.41, 5.74) is 3.55. The summed E-state index contributed by atoms with van der Waals surface area (Å²) >= 11 is 0. The number of hydrogen-bond acceptors (Lipinski definition) is 6. The number of carbonyl (C=O) groups excluding carboxylic acids is 1. The van der Waals surface area contributed by atoms with Crippen molar-refractivity contribution in [1.82, 2.24) is 15.3 Å². The Hall–Kier alpha value is -3.32. The predicted octanol–water partition coefficient (Wildman–Crippen LogP) is 3.58. The summed E-state index contributed by atoms with van der Waals surface area (Å²) in [5.74, 6) is 1.20. The lowest BCUT2D eigenvalue weighted by Crippen LogP contribution is -2.17. The van der Waals surface area contributed by atoms with Gasteiger partial charge in [0.25, 0.3) is 0 Å². The summed E-state index contributed by atoms with van der Waals surface area (Å²) in [5, 5.41) is 4.29. The normalized spacial score (nSPS) is 11.2. The van der Waals surface area contributed by atoms with Crippen LogP contribution in [-0.2, 0) is 22.5 Å². The van der Waals surface area contributed by atoms with Crippen LogP contribution in [0.4, 0.5) is 0 Å². The van der Waals surface area contributed by atoms with Crippen molar-refractivity contribution in [3.05, 3.63) is 60.1 Å². The number of aromatic nitrogens is 2. The first-order valence-corrected chi connectivity index (χ1v) is 9.58. The summed E-state index contributed by atoms with van der Waals surface area (Å²) in [4.78, 5) is 19.2. The van der Waals surface area contributed by atoms with Crippen LogP contribution < -0.4 is 10.1 Å². The summed E-state index contributed by atoms with van der Waals surface area (Å²) in [6, 6.07) is 13.6. The molecule has 0 aliphatic heterocycles. The molecule has 29 heavy (non-hydrogen) atoms. The van der Waals surface area contributed by atoms with Gasteiger partial charge in [-0.2, -0.15) is 0 Å². The summed E-state index contributed by atoms with van der Waals surface area (Å²) in [6.07, 6.45) is 2.92. The van der Waals surface area contributed by atoms with Crippen LogP contribution in [-0.4, -0.2) is 36.2 Å². The second kappa shape index (κ2) is 8.79. The van der Waals surface area contributed by atoms with Crippen molar-refractivity contribution >= 4 is 28.0 Å². The predicted molar refractivity (Wildman–Crippen MR) is 110 cm³/mol. The Morgan fingerprint density at radius 3 is 3.00 bits per heavy atom. The molecule has 0 atom stereocenters. The monoisotopic (exact) mass is 393 g/mol. The van der Waals surface area contributed by atoms with Crippen LogP contribution in [0.5, 0.6) is 5.75 Å². The van der Waals surface area contributed by atoms with Crippen molar-refractivity contribution in [2.45, 2.75) is 19.4 Å². The van der Waals surface area contributed by atoms with E-state index in [9.17, 15) is 4.79 Å². The lowest BCUT2D eigenvalue weighted by Gasteiger charge is -2.07. The highest BCUT2D eigenvalue weighted by molar-refractivity contribution is 5.88. The Labute approximate surface area is 168 Å². The third-order valence-electron chi connectivity index (χ3n) is 4.68. The molecule has 2 aromatic heterocycles. The van der Waals surface area contributed by atoms with E-state index in [1.165, 1.54) is 7.11 Å². The number of para-hydroxylation sites is 2. The zero-order valence-corrected chi connectivity index (χ0v) is 16.2. The highest BCUT2D eigenvalue weighted by Crippen LogP contribution is 2.24. The molecule has 0 unspecified atom stereocenters. The number of esters is 1. The number of ether oxygens (including phenoxy) is 2.